The maximum Gasteiger partial charge on any atom is 0.420 e. The maximum atomic E-state index is 14.3. The third-order valence-corrected chi connectivity index (χ3v) is 5.02. The number of halogens is 2. The molecule has 0 radical (unpaired) electrons. The van der Waals surface area contributed by atoms with E-state index in [1.165, 1.54) is 16.7 Å². The maximum absolute atomic E-state index is 14.3. The van der Waals surface area contributed by atoms with Gasteiger partial charge < -0.3 is 4.74 Å². The van der Waals surface area contributed by atoms with Crippen LogP contribution in [0.25, 0.3) is 11.0 Å². The summed E-state index contributed by atoms with van der Waals surface area (Å²) < 4.78 is 21.1. The Morgan fingerprint density at radius 1 is 1.27 bits per heavy atom. The number of nitrogens with zero attached hydrogens (tertiary/aromatic N) is 2. The number of aromatic nitrogens is 2. The minimum atomic E-state index is -0.674. The van der Waals surface area contributed by atoms with Crippen LogP contribution in [-0.4, -0.2) is 21.2 Å². The zero-order valence-electron chi connectivity index (χ0n) is 16.6. The molecule has 0 aliphatic rings. The van der Waals surface area contributed by atoms with Crippen molar-refractivity contribution in [2.45, 2.75) is 66.4 Å². The summed E-state index contributed by atoms with van der Waals surface area (Å²) in [6, 6.07) is 2.81. The van der Waals surface area contributed by atoms with E-state index in [2.05, 4.69) is 32.7 Å². The first kappa shape index (κ1) is 20.7. The SMILES string of the molecule is CC(C)C(C)(C)Cc1cc(F)cc2c1nc(CCl)n2C(=O)OC(C)(C)C. The first-order valence-corrected chi connectivity index (χ1v) is 9.38. The number of fused-ring (bicyclic) bond motifs is 1. The average Bonchev–Trinajstić information content (AvgIpc) is 2.83. The van der Waals surface area contributed by atoms with Crippen molar-refractivity contribution in [3.8, 4) is 0 Å². The van der Waals surface area contributed by atoms with Gasteiger partial charge in [-0.05, 0) is 50.2 Å². The van der Waals surface area contributed by atoms with E-state index in [9.17, 15) is 9.18 Å². The van der Waals surface area contributed by atoms with Gasteiger partial charge in [-0.3, -0.25) is 0 Å². The van der Waals surface area contributed by atoms with Gasteiger partial charge in [-0.15, -0.1) is 11.6 Å². The number of ether oxygens (including phenoxy) is 1. The molecule has 0 spiro atoms. The monoisotopic (exact) mass is 382 g/mol. The first-order chi connectivity index (χ1) is 11.9. The molecule has 2 aromatic rings. The summed E-state index contributed by atoms with van der Waals surface area (Å²) in [6.45, 7) is 13.9. The molecule has 0 bridgehead atoms. The quantitative estimate of drug-likeness (QED) is 0.616. The Labute approximate surface area is 159 Å². The summed E-state index contributed by atoms with van der Waals surface area (Å²) in [4.78, 5) is 17.2. The van der Waals surface area contributed by atoms with Gasteiger partial charge in [0.1, 0.15) is 17.2 Å². The van der Waals surface area contributed by atoms with Crippen molar-refractivity contribution in [2.24, 2.45) is 11.3 Å². The summed E-state index contributed by atoms with van der Waals surface area (Å²) >= 11 is 6.01. The van der Waals surface area contributed by atoms with Crippen LogP contribution in [0.3, 0.4) is 0 Å². The molecule has 0 N–H and O–H groups in total. The molecule has 0 aliphatic carbocycles. The van der Waals surface area contributed by atoms with E-state index >= 15 is 0 Å². The average molecular weight is 383 g/mol. The molecule has 0 fully saturated rings. The van der Waals surface area contributed by atoms with Gasteiger partial charge in [0.25, 0.3) is 0 Å². The Bertz CT molecular complexity index is 819. The van der Waals surface area contributed by atoms with Gasteiger partial charge >= 0.3 is 6.09 Å². The van der Waals surface area contributed by atoms with Gasteiger partial charge in [0, 0.05) is 6.07 Å². The molecular formula is C20H28ClFN2O2. The Morgan fingerprint density at radius 2 is 1.88 bits per heavy atom. The molecule has 4 nitrogen and oxygen atoms in total. The normalized spacial score (nSPS) is 12.8. The molecule has 0 amide bonds. The van der Waals surface area contributed by atoms with Crippen LogP contribution in [0.2, 0.25) is 0 Å². The van der Waals surface area contributed by atoms with Gasteiger partial charge in [-0.2, -0.15) is 0 Å². The topological polar surface area (TPSA) is 44.1 Å². The van der Waals surface area contributed by atoms with Gasteiger partial charge in [-0.1, -0.05) is 27.7 Å². The second kappa shape index (κ2) is 7.18. The number of hydrogen-bond acceptors (Lipinski definition) is 3. The van der Waals surface area contributed by atoms with Crippen LogP contribution in [0.15, 0.2) is 12.1 Å². The van der Waals surface area contributed by atoms with E-state index < -0.39 is 17.5 Å². The van der Waals surface area contributed by atoms with E-state index in [1.807, 2.05) is 0 Å². The second-order valence-electron chi connectivity index (χ2n) is 8.73. The molecule has 0 atom stereocenters. The van der Waals surface area contributed by atoms with Gasteiger partial charge in [0.05, 0.1) is 16.9 Å². The molecule has 0 aliphatic heterocycles. The van der Waals surface area contributed by atoms with Crippen molar-refractivity contribution < 1.29 is 13.9 Å². The lowest BCUT2D eigenvalue weighted by Crippen LogP contribution is -2.28. The predicted molar refractivity (Wildman–Crippen MR) is 103 cm³/mol. The van der Waals surface area contributed by atoms with Gasteiger partial charge in [0.15, 0.2) is 0 Å². The number of imidazole rings is 1. The molecule has 0 unspecified atom stereocenters. The van der Waals surface area contributed by atoms with Crippen molar-refractivity contribution in [1.29, 1.82) is 0 Å². The fourth-order valence-corrected chi connectivity index (χ4v) is 2.87. The van der Waals surface area contributed by atoms with Gasteiger partial charge in [-0.25, -0.2) is 18.7 Å². The van der Waals surface area contributed by atoms with Crippen LogP contribution in [-0.2, 0) is 17.0 Å². The molecule has 0 saturated carbocycles. The standard InChI is InChI=1S/C20H28ClFN2O2/c1-12(2)20(6,7)10-13-8-14(22)9-15-17(13)23-16(11-21)24(15)18(25)26-19(3,4)5/h8-9,12H,10-11H2,1-7H3. The zero-order valence-corrected chi connectivity index (χ0v) is 17.4. The highest BCUT2D eigenvalue weighted by atomic mass is 35.5. The molecule has 0 saturated heterocycles. The number of carbonyl (C=O) groups excluding carboxylic acids is 1. The molecule has 6 heteroatoms. The van der Waals surface area contributed by atoms with Crippen molar-refractivity contribution in [3.05, 3.63) is 29.3 Å². The van der Waals surface area contributed by atoms with E-state index in [0.717, 1.165) is 5.56 Å². The Balaban J connectivity index is 2.64. The Kier molecular flexibility index (Phi) is 5.71. The van der Waals surface area contributed by atoms with E-state index in [-0.39, 0.29) is 11.3 Å². The zero-order chi connectivity index (χ0) is 19.9. The smallest absolute Gasteiger partial charge is 0.420 e. The highest BCUT2D eigenvalue weighted by Gasteiger charge is 2.28. The fraction of sp³-hybridized carbons (Fsp3) is 0.600. The van der Waals surface area contributed by atoms with E-state index in [0.29, 0.717) is 29.2 Å². The van der Waals surface area contributed by atoms with Crippen LogP contribution in [0.4, 0.5) is 9.18 Å². The lowest BCUT2D eigenvalue weighted by Gasteiger charge is -2.29. The predicted octanol–water partition coefficient (Wildman–Crippen LogP) is 5.92. The van der Waals surface area contributed by atoms with E-state index in [4.69, 9.17) is 16.3 Å². The summed E-state index contributed by atoms with van der Waals surface area (Å²) in [6.07, 6.45) is 0.0433. The lowest BCUT2D eigenvalue weighted by atomic mass is 9.76. The largest absolute Gasteiger partial charge is 0.443 e. The van der Waals surface area contributed by atoms with Crippen LogP contribution in [0, 0.1) is 17.2 Å². The highest BCUT2D eigenvalue weighted by molar-refractivity contribution is 6.17. The molecule has 1 aromatic heterocycles. The van der Waals surface area contributed by atoms with Crippen LogP contribution in [0.1, 0.15) is 59.9 Å². The first-order valence-electron chi connectivity index (χ1n) is 8.85. The van der Waals surface area contributed by atoms with E-state index in [1.54, 1.807) is 20.8 Å². The van der Waals surface area contributed by atoms with Crippen molar-refractivity contribution >= 4 is 28.7 Å². The number of alkyl halides is 1. The fourth-order valence-electron chi connectivity index (χ4n) is 2.69. The summed E-state index contributed by atoms with van der Waals surface area (Å²) in [5.41, 5.74) is 1.04. The van der Waals surface area contributed by atoms with Crippen LogP contribution >= 0.6 is 11.6 Å². The van der Waals surface area contributed by atoms with Gasteiger partial charge in [0.2, 0.25) is 0 Å². The Morgan fingerprint density at radius 3 is 2.38 bits per heavy atom. The summed E-state index contributed by atoms with van der Waals surface area (Å²) in [5, 5.41) is 0. The molecule has 26 heavy (non-hydrogen) atoms. The number of carbonyl (C=O) groups is 1. The summed E-state index contributed by atoms with van der Waals surface area (Å²) in [7, 11) is 0. The van der Waals surface area contributed by atoms with Crippen molar-refractivity contribution in [2.75, 3.05) is 0 Å². The van der Waals surface area contributed by atoms with Crippen molar-refractivity contribution in [1.82, 2.24) is 9.55 Å². The van der Waals surface area contributed by atoms with Crippen LogP contribution < -0.4 is 0 Å². The molecular weight excluding hydrogens is 355 g/mol. The number of rotatable bonds is 4. The minimum Gasteiger partial charge on any atom is -0.443 e. The lowest BCUT2D eigenvalue weighted by molar-refractivity contribution is 0.0540. The summed E-state index contributed by atoms with van der Waals surface area (Å²) in [5.74, 6) is 0.381. The molecule has 1 aromatic carbocycles. The molecule has 2 rings (SSSR count). The second-order valence-corrected chi connectivity index (χ2v) is 9.00. The third kappa shape index (κ3) is 4.37. The number of hydrogen-bond donors (Lipinski definition) is 0. The number of benzene rings is 1. The minimum absolute atomic E-state index is 0.0303. The van der Waals surface area contributed by atoms with Crippen LogP contribution in [0.5, 0.6) is 0 Å². The molecule has 144 valence electrons. The Hall–Kier alpha value is -1.62. The van der Waals surface area contributed by atoms with Crippen molar-refractivity contribution in [3.63, 3.8) is 0 Å². The molecule has 1 heterocycles. The highest BCUT2D eigenvalue weighted by Crippen LogP contribution is 2.34. The third-order valence-electron chi connectivity index (χ3n) is 4.78.